The zero-order valence-electron chi connectivity index (χ0n) is 12.4. The van der Waals surface area contributed by atoms with Crippen LogP contribution in [0.3, 0.4) is 0 Å². The Morgan fingerprint density at radius 1 is 1.18 bits per heavy atom. The first-order chi connectivity index (χ1) is 10.5. The van der Waals surface area contributed by atoms with Gasteiger partial charge in [0.2, 0.25) is 5.91 Å². The molecule has 0 aliphatic carbocycles. The van der Waals surface area contributed by atoms with Crippen LogP contribution < -0.4 is 10.2 Å². The first kappa shape index (κ1) is 19.5. The van der Waals surface area contributed by atoms with Gasteiger partial charge in [-0.05, 0) is 17.7 Å². The van der Waals surface area contributed by atoms with E-state index >= 15 is 0 Å². The summed E-state index contributed by atoms with van der Waals surface area (Å²) >= 11 is 4.72. The van der Waals surface area contributed by atoms with Gasteiger partial charge in [-0.1, -0.05) is 57.3 Å². The van der Waals surface area contributed by atoms with Crippen molar-refractivity contribution in [3.63, 3.8) is 0 Å². The number of hydrogen-bond acceptors (Lipinski definition) is 3. The lowest BCUT2D eigenvalue weighted by atomic mass is 10.1. The largest absolute Gasteiger partial charge is 0.480 e. The van der Waals surface area contributed by atoms with Gasteiger partial charge in [-0.15, -0.1) is 0 Å². The fraction of sp³-hybridized carbons (Fsp3) is 0.467. The highest BCUT2D eigenvalue weighted by Crippen LogP contribution is 2.17. The van der Waals surface area contributed by atoms with E-state index in [0.29, 0.717) is 0 Å². The molecule has 0 saturated heterocycles. The fourth-order valence-corrected chi connectivity index (χ4v) is 3.26. The van der Waals surface area contributed by atoms with Gasteiger partial charge in [-0.2, -0.15) is 0 Å². The Kier molecular flexibility index (Phi) is 9.06. The van der Waals surface area contributed by atoms with E-state index in [-0.39, 0.29) is 12.3 Å². The van der Waals surface area contributed by atoms with Crippen molar-refractivity contribution < 1.29 is 14.7 Å². The number of amides is 1. The molecule has 0 aliphatic heterocycles. The van der Waals surface area contributed by atoms with Crippen LogP contribution in [-0.4, -0.2) is 45.0 Å². The zero-order valence-corrected chi connectivity index (χ0v) is 16.7. The fourth-order valence-electron chi connectivity index (χ4n) is 2.10. The third-order valence-electron chi connectivity index (χ3n) is 3.13. The van der Waals surface area contributed by atoms with Crippen molar-refractivity contribution in [3.8, 4) is 0 Å². The molecule has 0 fully saturated rings. The van der Waals surface area contributed by atoms with Crippen LogP contribution >= 0.6 is 45.2 Å². The molecule has 1 unspecified atom stereocenters. The maximum Gasteiger partial charge on any atom is 0.326 e. The number of halogens is 2. The van der Waals surface area contributed by atoms with Crippen LogP contribution in [0, 0.1) is 0 Å². The van der Waals surface area contributed by atoms with Crippen molar-refractivity contribution in [2.75, 3.05) is 26.8 Å². The van der Waals surface area contributed by atoms with Gasteiger partial charge in [0.25, 0.3) is 0 Å². The Hall–Kier alpha value is -0.580. The van der Waals surface area contributed by atoms with Crippen LogP contribution in [0.4, 0.5) is 5.69 Å². The van der Waals surface area contributed by atoms with Crippen molar-refractivity contribution in [2.45, 2.75) is 19.4 Å². The molecule has 1 amide bonds. The molecule has 122 valence electrons. The molecule has 0 aliphatic rings. The summed E-state index contributed by atoms with van der Waals surface area (Å²) in [6.45, 7) is 3.31. The summed E-state index contributed by atoms with van der Waals surface area (Å²) in [6, 6.07) is 7.01. The Bertz CT molecular complexity index is 488. The summed E-state index contributed by atoms with van der Waals surface area (Å²) in [4.78, 5) is 24.5. The smallest absolute Gasteiger partial charge is 0.326 e. The van der Waals surface area contributed by atoms with Crippen molar-refractivity contribution in [1.82, 2.24) is 5.32 Å². The van der Waals surface area contributed by atoms with E-state index in [0.717, 1.165) is 33.2 Å². The Balaban J connectivity index is 2.78. The van der Waals surface area contributed by atoms with E-state index < -0.39 is 12.0 Å². The topological polar surface area (TPSA) is 69.6 Å². The third-order valence-corrected chi connectivity index (χ3v) is 4.09. The first-order valence-electron chi connectivity index (χ1n) is 6.93. The Morgan fingerprint density at radius 2 is 1.73 bits per heavy atom. The molecule has 1 rings (SSSR count). The quantitative estimate of drug-likeness (QED) is 0.381. The second-order valence-corrected chi connectivity index (χ2v) is 6.98. The van der Waals surface area contributed by atoms with Crippen LogP contribution in [0.25, 0.3) is 0 Å². The average molecular weight is 530 g/mol. The van der Waals surface area contributed by atoms with Crippen LogP contribution in [0.5, 0.6) is 0 Å². The summed E-state index contributed by atoms with van der Waals surface area (Å²) in [7, 11) is 0. The SMILES string of the molecule is CC(=O)NC(Cc1ccc(N(CCI)CCI)cc1)C(=O)O. The lowest BCUT2D eigenvalue weighted by Crippen LogP contribution is -2.41. The number of alkyl halides is 2. The summed E-state index contributed by atoms with van der Waals surface area (Å²) in [5, 5.41) is 11.6. The molecule has 1 atom stereocenters. The number of carboxylic acids is 1. The minimum absolute atomic E-state index is 0.285. The maximum atomic E-state index is 11.2. The van der Waals surface area contributed by atoms with Crippen LogP contribution in [0.1, 0.15) is 12.5 Å². The van der Waals surface area contributed by atoms with Gasteiger partial charge in [0.15, 0.2) is 0 Å². The molecule has 0 aromatic heterocycles. The number of aliphatic carboxylic acids is 1. The van der Waals surface area contributed by atoms with E-state index in [1.807, 2.05) is 24.3 Å². The van der Waals surface area contributed by atoms with Gasteiger partial charge >= 0.3 is 5.97 Å². The summed E-state index contributed by atoms with van der Waals surface area (Å²) in [5.41, 5.74) is 2.04. The van der Waals surface area contributed by atoms with E-state index in [9.17, 15) is 9.59 Å². The van der Waals surface area contributed by atoms with E-state index in [1.165, 1.54) is 6.92 Å². The molecule has 2 N–H and O–H groups in total. The molecule has 0 spiro atoms. The van der Waals surface area contributed by atoms with Gasteiger partial charge in [0.1, 0.15) is 6.04 Å². The predicted octanol–water partition coefficient (Wildman–Crippen LogP) is 2.49. The number of benzene rings is 1. The van der Waals surface area contributed by atoms with Gasteiger partial charge in [-0.25, -0.2) is 4.79 Å². The minimum Gasteiger partial charge on any atom is -0.480 e. The standard InChI is InChI=1S/C15H20I2N2O3/c1-11(20)18-14(15(21)22)10-12-2-4-13(5-3-12)19(8-6-16)9-7-17/h2-5,14H,6-10H2,1H3,(H,18,20)(H,21,22). The highest BCUT2D eigenvalue weighted by atomic mass is 127. The molecule has 0 heterocycles. The van der Waals surface area contributed by atoms with Crippen molar-refractivity contribution in [3.05, 3.63) is 29.8 Å². The highest BCUT2D eigenvalue weighted by molar-refractivity contribution is 14.1. The number of hydrogen-bond donors (Lipinski definition) is 2. The predicted molar refractivity (Wildman–Crippen MR) is 105 cm³/mol. The van der Waals surface area contributed by atoms with E-state index in [1.54, 1.807) is 0 Å². The molecule has 0 saturated carbocycles. The number of carbonyl (C=O) groups is 2. The first-order valence-corrected chi connectivity index (χ1v) is 9.98. The number of nitrogens with one attached hydrogen (secondary N) is 1. The molecule has 5 nitrogen and oxygen atoms in total. The second kappa shape index (κ2) is 10.2. The Morgan fingerprint density at radius 3 is 2.14 bits per heavy atom. The highest BCUT2D eigenvalue weighted by Gasteiger charge is 2.18. The van der Waals surface area contributed by atoms with Crippen molar-refractivity contribution >= 4 is 62.7 Å². The lowest BCUT2D eigenvalue weighted by molar-refractivity contribution is -0.141. The monoisotopic (exact) mass is 530 g/mol. The molecule has 7 heteroatoms. The molecular formula is C15H20I2N2O3. The number of rotatable bonds is 9. The van der Waals surface area contributed by atoms with Crippen LogP contribution in [-0.2, 0) is 16.0 Å². The normalized spacial score (nSPS) is 11.8. The lowest BCUT2D eigenvalue weighted by Gasteiger charge is -2.23. The molecular weight excluding hydrogens is 510 g/mol. The number of nitrogens with zero attached hydrogens (tertiary/aromatic N) is 1. The van der Waals surface area contributed by atoms with Crippen LogP contribution in [0.2, 0.25) is 0 Å². The molecule has 1 aromatic rings. The van der Waals surface area contributed by atoms with Crippen LogP contribution in [0.15, 0.2) is 24.3 Å². The molecule has 0 bridgehead atoms. The molecule has 1 aromatic carbocycles. The van der Waals surface area contributed by atoms with E-state index in [2.05, 4.69) is 55.4 Å². The van der Waals surface area contributed by atoms with Gasteiger partial charge in [0.05, 0.1) is 0 Å². The second-order valence-electron chi connectivity index (χ2n) is 4.83. The third kappa shape index (κ3) is 6.67. The average Bonchev–Trinajstić information content (AvgIpc) is 2.46. The van der Waals surface area contributed by atoms with Crippen molar-refractivity contribution in [2.24, 2.45) is 0 Å². The number of carboxylic acid groups (broad SMARTS) is 1. The van der Waals surface area contributed by atoms with Gasteiger partial charge < -0.3 is 15.3 Å². The molecule has 22 heavy (non-hydrogen) atoms. The Labute approximate surface area is 158 Å². The van der Waals surface area contributed by atoms with Gasteiger partial charge in [-0.3, -0.25) is 4.79 Å². The molecule has 0 radical (unpaired) electrons. The summed E-state index contributed by atoms with van der Waals surface area (Å²) < 4.78 is 2.11. The number of carbonyl (C=O) groups excluding carboxylic acids is 1. The zero-order chi connectivity index (χ0) is 16.5. The summed E-state index contributed by atoms with van der Waals surface area (Å²) in [6.07, 6.45) is 0.285. The van der Waals surface area contributed by atoms with Crippen molar-refractivity contribution in [1.29, 1.82) is 0 Å². The number of anilines is 1. The maximum absolute atomic E-state index is 11.2. The van der Waals surface area contributed by atoms with E-state index in [4.69, 9.17) is 5.11 Å². The minimum atomic E-state index is -1.02. The van der Waals surface area contributed by atoms with Gasteiger partial charge in [0, 0.05) is 41.0 Å². The summed E-state index contributed by atoms with van der Waals surface area (Å²) in [5.74, 6) is -1.35.